The number of methoxy groups -OCH3 is 1. The Morgan fingerprint density at radius 3 is 2.82 bits per heavy atom. The second-order valence-electron chi connectivity index (χ2n) is 1.94. The molecule has 1 rings (SSSR count). The van der Waals surface area contributed by atoms with E-state index in [1.54, 1.807) is 13.2 Å². The van der Waals surface area contributed by atoms with Gasteiger partial charge in [0.25, 0.3) is 0 Å². The van der Waals surface area contributed by atoms with Crippen LogP contribution in [0.1, 0.15) is 0 Å². The zero-order valence-corrected chi connectivity index (χ0v) is 8.81. The summed E-state index contributed by atoms with van der Waals surface area (Å²) in [6, 6.07) is 5.45. The van der Waals surface area contributed by atoms with Crippen LogP contribution < -0.4 is 8.27 Å². The molecule has 0 radical (unpaired) electrons. The summed E-state index contributed by atoms with van der Waals surface area (Å²) in [7, 11) is 1.61. The molecule has 0 bridgehead atoms. The van der Waals surface area contributed by atoms with E-state index >= 15 is 0 Å². The number of rotatable bonds is 2. The number of ether oxygens (including phenoxy) is 1. The van der Waals surface area contributed by atoms with Crippen LogP contribution in [-0.4, -0.2) is 7.11 Å². The van der Waals surface area contributed by atoms with Crippen molar-refractivity contribution in [2.45, 2.75) is 0 Å². The van der Waals surface area contributed by atoms with Crippen molar-refractivity contribution >= 4 is 40.2 Å². The first kappa shape index (κ1) is 8.93. The molecule has 1 N–H and O–H groups in total. The highest BCUT2D eigenvalue weighted by Crippen LogP contribution is 2.28. The van der Waals surface area contributed by atoms with E-state index in [1.807, 2.05) is 35.0 Å². The summed E-state index contributed by atoms with van der Waals surface area (Å²) in [6.45, 7) is 0. The van der Waals surface area contributed by atoms with E-state index in [1.165, 1.54) is 0 Å². The zero-order valence-electron chi connectivity index (χ0n) is 5.90. The number of anilines is 1. The summed E-state index contributed by atoms with van der Waals surface area (Å²) in [5, 5.41) is 0.678. The summed E-state index contributed by atoms with van der Waals surface area (Å²) >= 11 is 7.78. The van der Waals surface area contributed by atoms with Gasteiger partial charge in [-0.15, -0.1) is 0 Å². The Balaban J connectivity index is 3.06. The Labute approximate surface area is 84.4 Å². The van der Waals surface area contributed by atoms with Crippen LogP contribution in [0.25, 0.3) is 0 Å². The topological polar surface area (TPSA) is 21.3 Å². The van der Waals surface area contributed by atoms with Gasteiger partial charge in [0.1, 0.15) is 5.75 Å². The zero-order chi connectivity index (χ0) is 8.27. The van der Waals surface area contributed by atoms with Gasteiger partial charge in [-0.2, -0.15) is 0 Å². The van der Waals surface area contributed by atoms with Crippen molar-refractivity contribution in [1.82, 2.24) is 0 Å². The van der Waals surface area contributed by atoms with Gasteiger partial charge in [-0.1, -0.05) is 11.6 Å². The highest BCUT2D eigenvalue weighted by atomic mass is 127. The van der Waals surface area contributed by atoms with Crippen LogP contribution in [0.4, 0.5) is 5.69 Å². The van der Waals surface area contributed by atoms with Crippen LogP contribution in [0.15, 0.2) is 18.2 Å². The van der Waals surface area contributed by atoms with Gasteiger partial charge in [0.2, 0.25) is 0 Å². The fraction of sp³-hybridized carbons (Fsp3) is 0.143. The third kappa shape index (κ3) is 2.13. The normalized spacial score (nSPS) is 9.36. The Hall–Kier alpha value is -0.160. The van der Waals surface area contributed by atoms with E-state index in [0.29, 0.717) is 5.02 Å². The minimum atomic E-state index is 0.678. The van der Waals surface area contributed by atoms with Crippen molar-refractivity contribution in [2.75, 3.05) is 10.6 Å². The van der Waals surface area contributed by atoms with Crippen LogP contribution in [0.3, 0.4) is 0 Å². The monoisotopic (exact) mass is 283 g/mol. The highest BCUT2D eigenvalue weighted by Gasteiger charge is 2.00. The third-order valence-corrected chi connectivity index (χ3v) is 2.08. The molecule has 2 nitrogen and oxygen atoms in total. The molecular formula is C7H7ClINO. The number of benzene rings is 1. The number of hydrogen-bond acceptors (Lipinski definition) is 2. The molecule has 1 aromatic rings. The van der Waals surface area contributed by atoms with Crippen LogP contribution in [0.2, 0.25) is 5.02 Å². The third-order valence-electron chi connectivity index (χ3n) is 1.27. The first-order valence-corrected chi connectivity index (χ1v) is 4.44. The number of nitrogens with one attached hydrogen (secondary N) is 1. The minimum absolute atomic E-state index is 0.678. The smallest absolute Gasteiger partial charge is 0.144 e. The van der Waals surface area contributed by atoms with Gasteiger partial charge in [0, 0.05) is 11.1 Å². The molecule has 11 heavy (non-hydrogen) atoms. The van der Waals surface area contributed by atoms with Crippen LogP contribution in [0.5, 0.6) is 5.75 Å². The fourth-order valence-corrected chi connectivity index (χ4v) is 1.35. The lowest BCUT2D eigenvalue weighted by molar-refractivity contribution is 0.417. The molecule has 0 saturated heterocycles. The molecule has 0 spiro atoms. The van der Waals surface area contributed by atoms with E-state index in [4.69, 9.17) is 16.3 Å². The molecule has 0 aliphatic heterocycles. The lowest BCUT2D eigenvalue weighted by Crippen LogP contribution is -1.87. The maximum Gasteiger partial charge on any atom is 0.144 e. The maximum absolute atomic E-state index is 5.74. The molecule has 4 heteroatoms. The van der Waals surface area contributed by atoms with Gasteiger partial charge in [-0.3, -0.25) is 0 Å². The second-order valence-corrected chi connectivity index (χ2v) is 2.91. The molecule has 0 atom stereocenters. The standard InChI is InChI=1S/C7H7ClINO/c1-11-7-4-5(8)2-3-6(7)10-9/h2-4,10H,1H3. The van der Waals surface area contributed by atoms with Crippen molar-refractivity contribution < 1.29 is 4.74 Å². The van der Waals surface area contributed by atoms with Gasteiger partial charge in [0.15, 0.2) is 0 Å². The van der Waals surface area contributed by atoms with Gasteiger partial charge >= 0.3 is 0 Å². The largest absolute Gasteiger partial charge is 0.495 e. The molecule has 60 valence electrons. The highest BCUT2D eigenvalue weighted by molar-refractivity contribution is 14.1. The molecule has 0 heterocycles. The summed E-state index contributed by atoms with van der Waals surface area (Å²) in [5.74, 6) is 0.756. The Kier molecular flexibility index (Phi) is 3.26. The van der Waals surface area contributed by atoms with E-state index in [9.17, 15) is 0 Å². The van der Waals surface area contributed by atoms with E-state index < -0.39 is 0 Å². The molecule has 0 unspecified atom stereocenters. The average molecular weight is 283 g/mol. The lowest BCUT2D eigenvalue weighted by atomic mass is 10.3. The molecule has 0 aromatic heterocycles. The SMILES string of the molecule is COc1cc(Cl)ccc1NI. The molecule has 0 amide bonds. The van der Waals surface area contributed by atoms with Crippen molar-refractivity contribution in [3.63, 3.8) is 0 Å². The molecule has 0 aliphatic rings. The lowest BCUT2D eigenvalue weighted by Gasteiger charge is -2.05. The second kappa shape index (κ2) is 4.01. The predicted molar refractivity (Wildman–Crippen MR) is 55.6 cm³/mol. The molecule has 1 aromatic carbocycles. The summed E-state index contributed by atoms with van der Waals surface area (Å²) in [5.41, 5.74) is 0.928. The van der Waals surface area contributed by atoms with Crippen molar-refractivity contribution in [1.29, 1.82) is 0 Å². The molecule has 0 aliphatic carbocycles. The summed E-state index contributed by atoms with van der Waals surface area (Å²) in [4.78, 5) is 0. The Morgan fingerprint density at radius 1 is 1.55 bits per heavy atom. The van der Waals surface area contributed by atoms with Gasteiger partial charge in [0.05, 0.1) is 35.7 Å². The van der Waals surface area contributed by atoms with E-state index in [0.717, 1.165) is 11.4 Å². The number of hydrogen-bond donors (Lipinski definition) is 1. The van der Waals surface area contributed by atoms with Gasteiger partial charge in [-0.25, -0.2) is 0 Å². The first-order chi connectivity index (χ1) is 5.27. The summed E-state index contributed by atoms with van der Waals surface area (Å²) in [6.07, 6.45) is 0. The Bertz CT molecular complexity index is 254. The van der Waals surface area contributed by atoms with Crippen molar-refractivity contribution in [2.24, 2.45) is 0 Å². The molecule has 0 fully saturated rings. The summed E-state index contributed by atoms with van der Waals surface area (Å²) < 4.78 is 8.03. The minimum Gasteiger partial charge on any atom is -0.495 e. The average Bonchev–Trinajstić information content (AvgIpc) is 2.04. The van der Waals surface area contributed by atoms with Crippen molar-refractivity contribution in [3.05, 3.63) is 23.2 Å². The maximum atomic E-state index is 5.74. The Morgan fingerprint density at radius 2 is 2.27 bits per heavy atom. The predicted octanol–water partition coefficient (Wildman–Crippen LogP) is 3.11. The van der Waals surface area contributed by atoms with Gasteiger partial charge < -0.3 is 8.27 Å². The van der Waals surface area contributed by atoms with Crippen molar-refractivity contribution in [3.8, 4) is 5.75 Å². The number of halogens is 2. The molecule has 0 saturated carbocycles. The van der Waals surface area contributed by atoms with Crippen LogP contribution >= 0.6 is 34.5 Å². The fourth-order valence-electron chi connectivity index (χ4n) is 0.743. The quantitative estimate of drug-likeness (QED) is 0.665. The van der Waals surface area contributed by atoms with Crippen LogP contribution in [-0.2, 0) is 0 Å². The van der Waals surface area contributed by atoms with E-state index in [2.05, 4.69) is 3.53 Å². The first-order valence-electron chi connectivity index (χ1n) is 2.98. The van der Waals surface area contributed by atoms with Crippen LogP contribution in [0, 0.1) is 0 Å². The molecular weight excluding hydrogens is 276 g/mol. The van der Waals surface area contributed by atoms with Gasteiger partial charge in [-0.05, 0) is 12.1 Å². The van der Waals surface area contributed by atoms with E-state index in [-0.39, 0.29) is 0 Å².